The number of nitrogens with two attached hydrogens (primary N) is 1. The molecule has 4 N–H and O–H groups in total. The van der Waals surface area contributed by atoms with E-state index >= 15 is 0 Å². The second kappa shape index (κ2) is 5.98. The van der Waals surface area contributed by atoms with E-state index in [1.807, 2.05) is 30.5 Å². The summed E-state index contributed by atoms with van der Waals surface area (Å²) in [4.78, 5) is 4.21. The third-order valence-corrected chi connectivity index (χ3v) is 4.53. The first-order valence-corrected chi connectivity index (χ1v) is 8.28. The van der Waals surface area contributed by atoms with Gasteiger partial charge in [0, 0.05) is 18.0 Å². The third-order valence-electron chi connectivity index (χ3n) is 4.53. The van der Waals surface area contributed by atoms with E-state index in [0.29, 0.717) is 5.82 Å². The van der Waals surface area contributed by atoms with E-state index in [2.05, 4.69) is 65.0 Å². The van der Waals surface area contributed by atoms with Crippen molar-refractivity contribution in [2.75, 3.05) is 0 Å². The van der Waals surface area contributed by atoms with Crippen molar-refractivity contribution in [3.05, 3.63) is 96.1 Å². The van der Waals surface area contributed by atoms with Crippen LogP contribution in [-0.4, -0.2) is 4.98 Å². The predicted octanol–water partition coefficient (Wildman–Crippen LogP) is 3.40. The van der Waals surface area contributed by atoms with Gasteiger partial charge in [-0.15, -0.1) is 0 Å². The van der Waals surface area contributed by atoms with E-state index in [1.165, 1.54) is 0 Å². The molecule has 3 aromatic rings. The Labute approximate surface area is 147 Å². The Morgan fingerprint density at radius 2 is 1.60 bits per heavy atom. The largest absolute Gasteiger partial charge is 0.384 e. The summed E-state index contributed by atoms with van der Waals surface area (Å²) in [5.41, 5.74) is 11.1. The number of rotatable bonds is 3. The molecule has 0 amide bonds. The Morgan fingerprint density at radius 3 is 2.36 bits per heavy atom. The number of nitrogens with one attached hydrogen (secondary N) is 2. The van der Waals surface area contributed by atoms with Gasteiger partial charge in [0.25, 0.3) is 0 Å². The van der Waals surface area contributed by atoms with E-state index in [0.717, 1.165) is 28.0 Å². The highest BCUT2D eigenvalue weighted by molar-refractivity contribution is 5.70. The summed E-state index contributed by atoms with van der Waals surface area (Å²) < 4.78 is 0. The second-order valence-corrected chi connectivity index (χ2v) is 6.35. The lowest BCUT2D eigenvalue weighted by Gasteiger charge is -2.28. The van der Waals surface area contributed by atoms with Crippen LogP contribution in [0.2, 0.25) is 0 Å². The lowest BCUT2D eigenvalue weighted by atomic mass is 9.97. The number of hydrogen-bond acceptors (Lipinski definition) is 4. The summed E-state index contributed by atoms with van der Waals surface area (Å²) >= 11 is 0. The van der Waals surface area contributed by atoms with E-state index in [9.17, 15) is 0 Å². The SMILES string of the molecule is C[C@]1(c2cccc(-c3cccnc3)c2)NC(N)=C(c2ccccc2)N1. The van der Waals surface area contributed by atoms with Crippen LogP contribution in [0.1, 0.15) is 18.1 Å². The minimum absolute atomic E-state index is 0.465. The summed E-state index contributed by atoms with van der Waals surface area (Å²) in [6.45, 7) is 2.10. The molecule has 1 aliphatic heterocycles. The van der Waals surface area contributed by atoms with Crippen LogP contribution in [0.3, 0.4) is 0 Å². The molecule has 0 aliphatic carbocycles. The van der Waals surface area contributed by atoms with Gasteiger partial charge in [0.1, 0.15) is 11.5 Å². The van der Waals surface area contributed by atoms with Gasteiger partial charge < -0.3 is 16.4 Å². The highest BCUT2D eigenvalue weighted by Crippen LogP contribution is 2.31. The molecular weight excluding hydrogens is 308 g/mol. The molecule has 1 atom stereocenters. The lowest BCUT2D eigenvalue weighted by Crippen LogP contribution is -2.44. The number of hydrogen-bond donors (Lipinski definition) is 3. The van der Waals surface area contributed by atoms with Crippen LogP contribution in [-0.2, 0) is 5.66 Å². The Hall–Kier alpha value is -3.27. The highest BCUT2D eigenvalue weighted by Gasteiger charge is 2.34. The fraction of sp³-hybridized carbons (Fsp3) is 0.0952. The van der Waals surface area contributed by atoms with Gasteiger partial charge in [-0.05, 0) is 35.7 Å². The molecule has 0 saturated heterocycles. The molecule has 2 heterocycles. The molecule has 4 heteroatoms. The monoisotopic (exact) mass is 328 g/mol. The van der Waals surface area contributed by atoms with Crippen LogP contribution in [0.5, 0.6) is 0 Å². The molecule has 124 valence electrons. The zero-order chi connectivity index (χ0) is 17.3. The number of nitrogens with zero attached hydrogens (tertiary/aromatic N) is 1. The Bertz CT molecular complexity index is 919. The fourth-order valence-electron chi connectivity index (χ4n) is 3.20. The van der Waals surface area contributed by atoms with Crippen molar-refractivity contribution in [1.82, 2.24) is 15.6 Å². The number of pyridine rings is 1. The maximum Gasteiger partial charge on any atom is 0.133 e. The van der Waals surface area contributed by atoms with Crippen LogP contribution >= 0.6 is 0 Å². The van der Waals surface area contributed by atoms with Gasteiger partial charge in [-0.2, -0.15) is 0 Å². The molecule has 2 aromatic carbocycles. The zero-order valence-electron chi connectivity index (χ0n) is 14.0. The molecule has 0 spiro atoms. The molecule has 0 fully saturated rings. The summed E-state index contributed by atoms with van der Waals surface area (Å²) in [5.74, 6) is 0.653. The van der Waals surface area contributed by atoms with Gasteiger partial charge in [0.05, 0.1) is 5.70 Å². The zero-order valence-corrected chi connectivity index (χ0v) is 14.0. The molecule has 25 heavy (non-hydrogen) atoms. The van der Waals surface area contributed by atoms with Crippen LogP contribution in [0.25, 0.3) is 16.8 Å². The minimum Gasteiger partial charge on any atom is -0.384 e. The standard InChI is InChI=1S/C21H20N4/c1-21(24-19(20(22)25-21)15-7-3-2-4-8-15)18-11-5-9-16(13-18)17-10-6-12-23-14-17/h2-14,24-25H,22H2,1H3/t21-/m1/s1. The van der Waals surface area contributed by atoms with Crippen molar-refractivity contribution in [1.29, 1.82) is 0 Å². The molecule has 0 radical (unpaired) electrons. The van der Waals surface area contributed by atoms with Gasteiger partial charge in [0.15, 0.2) is 0 Å². The number of aromatic nitrogens is 1. The van der Waals surface area contributed by atoms with Crippen molar-refractivity contribution in [3.8, 4) is 11.1 Å². The van der Waals surface area contributed by atoms with Crippen molar-refractivity contribution < 1.29 is 0 Å². The van der Waals surface area contributed by atoms with Gasteiger partial charge >= 0.3 is 0 Å². The van der Waals surface area contributed by atoms with Gasteiger partial charge in [-0.1, -0.05) is 54.6 Å². The summed E-state index contributed by atoms with van der Waals surface area (Å²) in [7, 11) is 0. The van der Waals surface area contributed by atoms with Gasteiger partial charge in [-0.3, -0.25) is 4.98 Å². The van der Waals surface area contributed by atoms with Crippen molar-refractivity contribution in [3.63, 3.8) is 0 Å². The molecule has 4 nitrogen and oxygen atoms in total. The van der Waals surface area contributed by atoms with Crippen LogP contribution < -0.4 is 16.4 Å². The molecule has 0 bridgehead atoms. The highest BCUT2D eigenvalue weighted by atomic mass is 15.3. The average Bonchev–Trinajstić information content (AvgIpc) is 2.99. The molecule has 1 aliphatic rings. The van der Waals surface area contributed by atoms with Gasteiger partial charge in [-0.25, -0.2) is 0 Å². The van der Waals surface area contributed by atoms with Crippen molar-refractivity contribution >= 4 is 5.70 Å². The van der Waals surface area contributed by atoms with Crippen molar-refractivity contribution in [2.24, 2.45) is 5.73 Å². The predicted molar refractivity (Wildman–Crippen MR) is 101 cm³/mol. The summed E-state index contributed by atoms with van der Waals surface area (Å²) in [6, 6.07) is 22.5. The number of benzene rings is 2. The van der Waals surface area contributed by atoms with Crippen LogP contribution in [0.15, 0.2) is 84.9 Å². The first kappa shape index (κ1) is 15.3. The topological polar surface area (TPSA) is 63.0 Å². The molecule has 0 unspecified atom stereocenters. The maximum atomic E-state index is 6.27. The maximum absolute atomic E-state index is 6.27. The average molecular weight is 328 g/mol. The molecule has 1 aromatic heterocycles. The molecule has 0 saturated carbocycles. The quantitative estimate of drug-likeness (QED) is 0.689. The minimum atomic E-state index is -0.465. The van der Waals surface area contributed by atoms with Crippen LogP contribution in [0, 0.1) is 0 Å². The Morgan fingerprint density at radius 1 is 0.840 bits per heavy atom. The third kappa shape index (κ3) is 2.83. The van der Waals surface area contributed by atoms with E-state index in [1.54, 1.807) is 6.20 Å². The first-order chi connectivity index (χ1) is 12.2. The van der Waals surface area contributed by atoms with Gasteiger partial charge in [0.2, 0.25) is 0 Å². The normalized spacial score (nSPS) is 19.4. The lowest BCUT2D eigenvalue weighted by molar-refractivity contribution is 0.394. The summed E-state index contributed by atoms with van der Waals surface area (Å²) in [5, 5.41) is 6.96. The smallest absolute Gasteiger partial charge is 0.133 e. The van der Waals surface area contributed by atoms with E-state index in [-0.39, 0.29) is 0 Å². The van der Waals surface area contributed by atoms with Crippen molar-refractivity contribution in [2.45, 2.75) is 12.6 Å². The second-order valence-electron chi connectivity index (χ2n) is 6.35. The Kier molecular flexibility index (Phi) is 3.65. The summed E-state index contributed by atoms with van der Waals surface area (Å²) in [6.07, 6.45) is 3.66. The molecule has 4 rings (SSSR count). The van der Waals surface area contributed by atoms with E-state index < -0.39 is 5.66 Å². The van der Waals surface area contributed by atoms with E-state index in [4.69, 9.17) is 5.73 Å². The molecular formula is C21H20N4. The Balaban J connectivity index is 1.67. The first-order valence-electron chi connectivity index (χ1n) is 8.28. The van der Waals surface area contributed by atoms with Crippen LogP contribution in [0.4, 0.5) is 0 Å². The fourth-order valence-corrected chi connectivity index (χ4v) is 3.20.